The van der Waals surface area contributed by atoms with Crippen LogP contribution in [0.2, 0.25) is 13.3 Å². The van der Waals surface area contributed by atoms with Crippen molar-refractivity contribution in [1.29, 1.82) is 0 Å². The van der Waals surface area contributed by atoms with Gasteiger partial charge in [0, 0.05) is 0 Å². The van der Waals surface area contributed by atoms with Gasteiger partial charge in [0.2, 0.25) is 0 Å². The average molecular weight is 321 g/mol. The number of hydrogen-bond acceptors (Lipinski definition) is 1. The van der Waals surface area contributed by atoms with Crippen LogP contribution in [0.5, 0.6) is 0 Å². The molecule has 0 saturated heterocycles. The van der Waals surface area contributed by atoms with Gasteiger partial charge in [0.15, 0.2) is 0 Å². The quantitative estimate of drug-likeness (QED) is 0.516. The van der Waals surface area contributed by atoms with Crippen LogP contribution >= 0.6 is 0 Å². The summed E-state index contributed by atoms with van der Waals surface area (Å²) in [7, 11) is 0. The third-order valence-corrected chi connectivity index (χ3v) is 16.5. The molecule has 0 aliphatic carbocycles. The van der Waals surface area contributed by atoms with Gasteiger partial charge < -0.3 is 0 Å². The van der Waals surface area contributed by atoms with E-state index in [0.29, 0.717) is 0 Å². The zero-order chi connectivity index (χ0) is 11.6. The summed E-state index contributed by atoms with van der Waals surface area (Å²) in [5.74, 6) is 0. The van der Waals surface area contributed by atoms with Gasteiger partial charge in [-0.25, -0.2) is 0 Å². The van der Waals surface area contributed by atoms with Crippen LogP contribution < -0.4 is 0 Å². The van der Waals surface area contributed by atoms with E-state index < -0.39 is 18.8 Å². The Morgan fingerprint density at radius 2 is 1.33 bits per heavy atom. The SMILES string of the molecule is CCC[CH2][Sn]([CH2]C)([CH2]CCC)[O]CCC. The topological polar surface area (TPSA) is 9.23 Å². The molecule has 0 heterocycles. The first-order valence-corrected chi connectivity index (χ1v) is 14.1. The Bertz CT molecular complexity index is 115. The van der Waals surface area contributed by atoms with Gasteiger partial charge in [-0.2, -0.15) is 0 Å². The predicted octanol–water partition coefficient (Wildman–Crippen LogP) is 4.98. The van der Waals surface area contributed by atoms with Gasteiger partial charge in [0.1, 0.15) is 0 Å². The minimum absolute atomic E-state index is 1.03. The van der Waals surface area contributed by atoms with Crippen LogP contribution in [0.1, 0.15) is 59.8 Å². The number of unbranched alkanes of at least 4 members (excludes halogenated alkanes) is 2. The van der Waals surface area contributed by atoms with E-state index in [-0.39, 0.29) is 0 Å². The molecule has 0 N–H and O–H groups in total. The van der Waals surface area contributed by atoms with Crippen molar-refractivity contribution in [3.8, 4) is 0 Å². The first-order chi connectivity index (χ1) is 7.24. The molecular weight excluding hydrogens is 291 g/mol. The fourth-order valence-corrected chi connectivity index (χ4v) is 13.7. The molecule has 0 aromatic heterocycles. The van der Waals surface area contributed by atoms with Crippen molar-refractivity contribution in [2.75, 3.05) is 6.61 Å². The van der Waals surface area contributed by atoms with E-state index in [1.807, 2.05) is 0 Å². The molecule has 0 rings (SSSR count). The van der Waals surface area contributed by atoms with Gasteiger partial charge in [-0.05, 0) is 0 Å². The summed E-state index contributed by atoms with van der Waals surface area (Å²) >= 11 is -2.12. The second kappa shape index (κ2) is 9.95. The van der Waals surface area contributed by atoms with Gasteiger partial charge in [0.25, 0.3) is 0 Å². The van der Waals surface area contributed by atoms with E-state index in [4.69, 9.17) is 3.07 Å². The molecule has 0 aliphatic heterocycles. The average Bonchev–Trinajstić information content (AvgIpc) is 2.29. The fraction of sp³-hybridized carbons (Fsp3) is 1.00. The van der Waals surface area contributed by atoms with Crippen molar-refractivity contribution in [3.05, 3.63) is 0 Å². The van der Waals surface area contributed by atoms with E-state index in [0.717, 1.165) is 6.61 Å². The molecule has 1 nitrogen and oxygen atoms in total. The van der Waals surface area contributed by atoms with Crippen LogP contribution in [0, 0.1) is 0 Å². The normalized spacial score (nSPS) is 12.0. The molecule has 0 amide bonds. The second-order valence-electron chi connectivity index (χ2n) is 4.59. The molecule has 92 valence electrons. The summed E-state index contributed by atoms with van der Waals surface area (Å²) in [5, 5.41) is 0. The molecule has 0 unspecified atom stereocenters. The number of hydrogen-bond donors (Lipinski definition) is 0. The van der Waals surface area contributed by atoms with Crippen molar-refractivity contribution in [2.45, 2.75) is 73.1 Å². The molecule has 0 spiro atoms. The van der Waals surface area contributed by atoms with Crippen molar-refractivity contribution in [1.82, 2.24) is 0 Å². The Morgan fingerprint density at radius 3 is 1.67 bits per heavy atom. The van der Waals surface area contributed by atoms with Gasteiger partial charge in [-0.15, -0.1) is 0 Å². The zero-order valence-electron chi connectivity index (χ0n) is 11.3. The Hall–Kier alpha value is 0.759. The standard InChI is InChI=1S/2C4H9.C3H7O.C2H5.Sn/c2*1-3-4-2;1-2-3-4;1-2;/h2*1,3-4H2,2H3;2-3H2,1H3;1H2,2H3;/q;;-1;;+1. The Balaban J connectivity index is 4.16. The minimum atomic E-state index is -2.12. The van der Waals surface area contributed by atoms with Crippen LogP contribution in [0.3, 0.4) is 0 Å². The first-order valence-electron chi connectivity index (χ1n) is 6.88. The molecular formula is C13H30OSn. The number of rotatable bonds is 10. The molecule has 0 atom stereocenters. The van der Waals surface area contributed by atoms with Gasteiger partial charge >= 0.3 is 102 Å². The molecule has 2 heteroatoms. The zero-order valence-corrected chi connectivity index (χ0v) is 14.1. The molecule has 0 aromatic carbocycles. The molecule has 0 aromatic rings. The molecule has 0 aliphatic rings. The van der Waals surface area contributed by atoms with Crippen molar-refractivity contribution >= 4 is 18.8 Å². The van der Waals surface area contributed by atoms with E-state index in [1.165, 1.54) is 45.4 Å². The second-order valence-corrected chi connectivity index (χ2v) is 17.0. The Labute approximate surface area is 101 Å². The first kappa shape index (κ1) is 15.8. The third kappa shape index (κ3) is 6.83. The van der Waals surface area contributed by atoms with Gasteiger partial charge in [-0.1, -0.05) is 0 Å². The summed E-state index contributed by atoms with van der Waals surface area (Å²) in [6, 6.07) is 0. The molecule has 0 fully saturated rings. The van der Waals surface area contributed by atoms with E-state index in [2.05, 4.69) is 27.7 Å². The summed E-state index contributed by atoms with van der Waals surface area (Å²) in [4.78, 5) is 0. The van der Waals surface area contributed by atoms with Crippen molar-refractivity contribution in [3.63, 3.8) is 0 Å². The van der Waals surface area contributed by atoms with E-state index >= 15 is 0 Å². The van der Waals surface area contributed by atoms with Crippen molar-refractivity contribution < 1.29 is 3.07 Å². The Morgan fingerprint density at radius 1 is 0.800 bits per heavy atom. The van der Waals surface area contributed by atoms with E-state index in [1.54, 1.807) is 0 Å². The van der Waals surface area contributed by atoms with Crippen LogP contribution in [-0.2, 0) is 3.07 Å². The summed E-state index contributed by atoms with van der Waals surface area (Å²) in [5.41, 5.74) is 0. The molecule has 15 heavy (non-hydrogen) atoms. The summed E-state index contributed by atoms with van der Waals surface area (Å²) in [6.45, 7) is 10.2. The van der Waals surface area contributed by atoms with Gasteiger partial charge in [-0.3, -0.25) is 0 Å². The molecule has 0 saturated carbocycles. The predicted molar refractivity (Wildman–Crippen MR) is 71.9 cm³/mol. The molecule has 0 radical (unpaired) electrons. The van der Waals surface area contributed by atoms with Crippen LogP contribution in [0.15, 0.2) is 0 Å². The Kier molecular flexibility index (Phi) is 10.5. The van der Waals surface area contributed by atoms with Crippen molar-refractivity contribution in [2.24, 2.45) is 0 Å². The monoisotopic (exact) mass is 322 g/mol. The maximum absolute atomic E-state index is 6.34. The fourth-order valence-electron chi connectivity index (χ4n) is 2.04. The van der Waals surface area contributed by atoms with Crippen LogP contribution in [-0.4, -0.2) is 25.4 Å². The maximum atomic E-state index is 6.34. The molecule has 0 bridgehead atoms. The van der Waals surface area contributed by atoms with E-state index in [9.17, 15) is 0 Å². The van der Waals surface area contributed by atoms with Gasteiger partial charge in [0.05, 0.1) is 0 Å². The summed E-state index contributed by atoms with van der Waals surface area (Å²) < 4.78 is 10.6. The van der Waals surface area contributed by atoms with Crippen LogP contribution in [0.25, 0.3) is 0 Å². The van der Waals surface area contributed by atoms with Crippen LogP contribution in [0.4, 0.5) is 0 Å². The summed E-state index contributed by atoms with van der Waals surface area (Å²) in [6.07, 6.45) is 6.66. The third-order valence-electron chi connectivity index (χ3n) is 3.23.